The van der Waals surface area contributed by atoms with Crippen LogP contribution in [0.1, 0.15) is 29.5 Å². The molecule has 10 heteroatoms. The molecule has 2 aromatic heterocycles. The maximum atomic E-state index is 14.0. The Morgan fingerprint density at radius 3 is 2.70 bits per heavy atom. The van der Waals surface area contributed by atoms with Crippen molar-refractivity contribution < 1.29 is 17.6 Å². The van der Waals surface area contributed by atoms with E-state index in [9.17, 15) is 17.6 Å². The first-order valence-electron chi connectivity index (χ1n) is 12.1. The number of halogens is 1. The second-order valence-corrected chi connectivity index (χ2v) is 12.3. The van der Waals surface area contributed by atoms with Gasteiger partial charge in [-0.05, 0) is 79.8 Å². The van der Waals surface area contributed by atoms with Crippen LogP contribution >= 0.6 is 11.3 Å². The van der Waals surface area contributed by atoms with Gasteiger partial charge < -0.3 is 0 Å². The minimum Gasteiger partial charge on any atom is -0.283 e. The van der Waals surface area contributed by atoms with Gasteiger partial charge in [0.05, 0.1) is 27.6 Å². The van der Waals surface area contributed by atoms with Crippen LogP contribution in [0.15, 0.2) is 65.8 Å². The van der Waals surface area contributed by atoms with E-state index in [4.69, 9.17) is 4.98 Å². The molecule has 0 spiro atoms. The van der Waals surface area contributed by atoms with Crippen LogP contribution in [0.5, 0.6) is 0 Å². The van der Waals surface area contributed by atoms with Crippen LogP contribution in [0.3, 0.4) is 0 Å². The van der Waals surface area contributed by atoms with E-state index >= 15 is 0 Å². The molecule has 37 heavy (non-hydrogen) atoms. The molecule has 1 unspecified atom stereocenters. The zero-order valence-corrected chi connectivity index (χ0v) is 22.2. The molecule has 4 aromatic rings. The van der Waals surface area contributed by atoms with E-state index in [1.54, 1.807) is 17.3 Å². The van der Waals surface area contributed by atoms with Gasteiger partial charge >= 0.3 is 0 Å². The number of thiazole rings is 1. The zero-order valence-electron chi connectivity index (χ0n) is 20.6. The Morgan fingerprint density at radius 2 is 1.97 bits per heavy atom. The van der Waals surface area contributed by atoms with Crippen molar-refractivity contribution in [3.05, 3.63) is 83.4 Å². The highest BCUT2D eigenvalue weighted by Gasteiger charge is 2.36. The lowest BCUT2D eigenvalue weighted by Crippen LogP contribution is -2.46. The molecular formula is C27H27FN4O3S2. The fourth-order valence-corrected chi connectivity index (χ4v) is 7.40. The average molecular weight is 539 g/mol. The summed E-state index contributed by atoms with van der Waals surface area (Å²) >= 11 is 1.46. The molecule has 0 bridgehead atoms. The monoisotopic (exact) mass is 538 g/mol. The van der Waals surface area contributed by atoms with Crippen LogP contribution in [0.25, 0.3) is 10.2 Å². The van der Waals surface area contributed by atoms with Crippen molar-refractivity contribution in [2.24, 2.45) is 5.92 Å². The molecule has 1 amide bonds. The van der Waals surface area contributed by atoms with Crippen LogP contribution < -0.4 is 4.90 Å². The molecule has 3 heterocycles. The summed E-state index contributed by atoms with van der Waals surface area (Å²) in [6.07, 6.45) is 4.52. The highest BCUT2D eigenvalue weighted by molar-refractivity contribution is 7.89. The first-order chi connectivity index (χ1) is 17.7. The summed E-state index contributed by atoms with van der Waals surface area (Å²) in [6.45, 7) is 4.69. The number of carbonyl (C=O) groups excluding carboxylic acids is 1. The maximum Gasteiger partial charge on any atom is 0.243 e. The molecule has 5 rings (SSSR count). The standard InChI is InChI=1S/C27H27FN4O3S2/c1-18-13-19(2)25-24(14-18)36-27(30-25)32(16-20-5-3-11-29-15-20)26(33)21-6-4-12-31(17-21)37(34,35)23-9-7-22(28)8-10-23/h3,5,7-11,13-15,21H,4,6,12,16-17H2,1-2H3. The van der Waals surface area contributed by atoms with Crippen molar-refractivity contribution in [2.45, 2.75) is 38.1 Å². The highest BCUT2D eigenvalue weighted by Crippen LogP contribution is 2.34. The van der Waals surface area contributed by atoms with Gasteiger partial charge in [0.1, 0.15) is 5.82 Å². The van der Waals surface area contributed by atoms with E-state index in [0.717, 1.165) is 39.0 Å². The van der Waals surface area contributed by atoms with Gasteiger partial charge in [-0.25, -0.2) is 17.8 Å². The van der Waals surface area contributed by atoms with Gasteiger partial charge in [0.2, 0.25) is 15.9 Å². The number of fused-ring (bicyclic) bond motifs is 1. The first kappa shape index (κ1) is 25.4. The minimum atomic E-state index is -3.85. The lowest BCUT2D eigenvalue weighted by atomic mass is 9.98. The molecule has 7 nitrogen and oxygen atoms in total. The number of aromatic nitrogens is 2. The molecule has 1 atom stereocenters. The predicted molar refractivity (Wildman–Crippen MR) is 142 cm³/mol. The predicted octanol–water partition coefficient (Wildman–Crippen LogP) is 5.08. The molecule has 1 fully saturated rings. The smallest absolute Gasteiger partial charge is 0.243 e. The number of rotatable bonds is 6. The number of benzene rings is 2. The van der Waals surface area contributed by atoms with E-state index in [1.807, 2.05) is 26.0 Å². The molecule has 1 aliphatic rings. The van der Waals surface area contributed by atoms with Gasteiger partial charge in [-0.15, -0.1) is 0 Å². The van der Waals surface area contributed by atoms with Gasteiger partial charge in [0, 0.05) is 25.5 Å². The largest absolute Gasteiger partial charge is 0.283 e. The number of nitrogens with zero attached hydrogens (tertiary/aromatic N) is 4. The lowest BCUT2D eigenvalue weighted by Gasteiger charge is -2.33. The van der Waals surface area contributed by atoms with Crippen molar-refractivity contribution in [2.75, 3.05) is 18.0 Å². The van der Waals surface area contributed by atoms with Crippen LogP contribution in [-0.2, 0) is 21.4 Å². The van der Waals surface area contributed by atoms with Gasteiger partial charge in [0.25, 0.3) is 0 Å². The summed E-state index contributed by atoms with van der Waals surface area (Å²) in [5.41, 5.74) is 3.88. The molecule has 192 valence electrons. The fraction of sp³-hybridized carbons (Fsp3) is 0.296. The highest BCUT2D eigenvalue weighted by atomic mass is 32.2. The number of hydrogen-bond acceptors (Lipinski definition) is 6. The van der Waals surface area contributed by atoms with Crippen molar-refractivity contribution in [1.82, 2.24) is 14.3 Å². The molecule has 2 aromatic carbocycles. The summed E-state index contributed by atoms with van der Waals surface area (Å²) in [5, 5.41) is 0.580. The Balaban J connectivity index is 1.46. The Labute approximate surface area is 219 Å². The van der Waals surface area contributed by atoms with E-state index in [2.05, 4.69) is 17.1 Å². The third-order valence-corrected chi connectivity index (χ3v) is 9.47. The SMILES string of the molecule is Cc1cc(C)c2nc(N(Cc3cccnc3)C(=O)C3CCCN(S(=O)(=O)c4ccc(F)cc4)C3)sc2c1. The molecular weight excluding hydrogens is 511 g/mol. The summed E-state index contributed by atoms with van der Waals surface area (Å²) in [6, 6.07) is 12.6. The van der Waals surface area contributed by atoms with E-state index < -0.39 is 21.8 Å². The second kappa shape index (κ2) is 10.3. The van der Waals surface area contributed by atoms with Crippen LogP contribution in [0.4, 0.5) is 9.52 Å². The van der Waals surface area contributed by atoms with Crippen LogP contribution in [0, 0.1) is 25.6 Å². The fourth-order valence-electron chi connectivity index (χ4n) is 4.73. The second-order valence-electron chi connectivity index (χ2n) is 9.37. The Morgan fingerprint density at radius 1 is 1.19 bits per heavy atom. The van der Waals surface area contributed by atoms with Crippen molar-refractivity contribution >= 4 is 42.6 Å². The van der Waals surface area contributed by atoms with E-state index in [0.29, 0.717) is 24.5 Å². The first-order valence-corrected chi connectivity index (χ1v) is 14.3. The quantitative estimate of drug-likeness (QED) is 0.342. The number of pyridine rings is 1. The number of aryl methyl sites for hydroxylation is 2. The van der Waals surface area contributed by atoms with Gasteiger partial charge in [-0.2, -0.15) is 4.31 Å². The molecule has 1 aliphatic heterocycles. The number of hydrogen-bond donors (Lipinski definition) is 0. The van der Waals surface area contributed by atoms with E-state index in [-0.39, 0.29) is 23.9 Å². The number of piperidine rings is 1. The van der Waals surface area contributed by atoms with Crippen LogP contribution in [0.2, 0.25) is 0 Å². The summed E-state index contributed by atoms with van der Waals surface area (Å²) in [7, 11) is -3.85. The molecule has 0 N–H and O–H groups in total. The lowest BCUT2D eigenvalue weighted by molar-refractivity contribution is -0.123. The molecule has 0 radical (unpaired) electrons. The third-order valence-electron chi connectivity index (χ3n) is 6.56. The van der Waals surface area contributed by atoms with Crippen molar-refractivity contribution in [3.63, 3.8) is 0 Å². The molecule has 0 aliphatic carbocycles. The molecule has 1 saturated heterocycles. The number of sulfonamides is 1. The van der Waals surface area contributed by atoms with Gasteiger partial charge in [0.15, 0.2) is 5.13 Å². The topological polar surface area (TPSA) is 83.5 Å². The zero-order chi connectivity index (χ0) is 26.2. The van der Waals surface area contributed by atoms with Gasteiger partial charge in [-0.1, -0.05) is 23.5 Å². The van der Waals surface area contributed by atoms with Crippen molar-refractivity contribution in [1.29, 1.82) is 0 Å². The number of carbonyl (C=O) groups is 1. The summed E-state index contributed by atoms with van der Waals surface area (Å²) in [5.74, 6) is -1.20. The number of anilines is 1. The average Bonchev–Trinajstić information content (AvgIpc) is 3.32. The van der Waals surface area contributed by atoms with Crippen molar-refractivity contribution in [3.8, 4) is 0 Å². The van der Waals surface area contributed by atoms with E-state index in [1.165, 1.54) is 27.8 Å². The minimum absolute atomic E-state index is 0.0197. The Hall–Kier alpha value is -3.21. The Kier molecular flexibility index (Phi) is 7.06. The number of amides is 1. The summed E-state index contributed by atoms with van der Waals surface area (Å²) < 4.78 is 42.2. The Bertz CT molecular complexity index is 1540. The summed E-state index contributed by atoms with van der Waals surface area (Å²) in [4.78, 5) is 24.7. The van der Waals surface area contributed by atoms with Crippen LogP contribution in [-0.4, -0.2) is 41.7 Å². The van der Waals surface area contributed by atoms with Gasteiger partial charge in [-0.3, -0.25) is 14.7 Å². The molecule has 0 saturated carbocycles. The normalized spacial score (nSPS) is 16.7. The third kappa shape index (κ3) is 5.27. The maximum absolute atomic E-state index is 14.0.